The summed E-state index contributed by atoms with van der Waals surface area (Å²) >= 11 is 6.24. The highest BCUT2D eigenvalue weighted by Gasteiger charge is 2.33. The number of aromatic nitrogens is 1. The van der Waals surface area contributed by atoms with E-state index in [0.29, 0.717) is 18.0 Å². The first kappa shape index (κ1) is 27.8. The van der Waals surface area contributed by atoms with Gasteiger partial charge in [-0.25, -0.2) is 13.8 Å². The van der Waals surface area contributed by atoms with E-state index in [0.717, 1.165) is 43.5 Å². The molecule has 5 rings (SSSR count). The lowest BCUT2D eigenvalue weighted by molar-refractivity contribution is 0.1000. The number of nitrogens with one attached hydrogen (secondary N) is 1. The Bertz CT molecular complexity index is 1300. The van der Waals surface area contributed by atoms with Crippen molar-refractivity contribution in [3.05, 3.63) is 75.9 Å². The molecule has 3 aromatic rings. The van der Waals surface area contributed by atoms with Gasteiger partial charge in [-0.2, -0.15) is 0 Å². The number of hydrogen-bond donors (Lipinski definition) is 3. The van der Waals surface area contributed by atoms with Crippen LogP contribution in [0.3, 0.4) is 0 Å². The fourth-order valence-electron chi connectivity index (χ4n) is 4.85. The van der Waals surface area contributed by atoms with E-state index in [-0.39, 0.29) is 39.4 Å². The molecule has 2 aromatic carbocycles. The molecule has 7 nitrogen and oxygen atoms in total. The summed E-state index contributed by atoms with van der Waals surface area (Å²) in [5.41, 5.74) is 6.26. The fourth-order valence-corrected chi connectivity index (χ4v) is 5.11. The SMILES string of the molecule is CNC1CCC(O)CC1.COc1ncc(C(N)=O)c(-c2c(Cl)c(F)cc3c2CC(c2ccccc2)O3)c1F. The van der Waals surface area contributed by atoms with E-state index in [9.17, 15) is 9.18 Å². The quantitative estimate of drug-likeness (QED) is 0.418. The van der Waals surface area contributed by atoms with Crippen LogP contribution in [0.25, 0.3) is 11.1 Å². The molecule has 0 bridgehead atoms. The van der Waals surface area contributed by atoms with E-state index in [2.05, 4.69) is 10.3 Å². The van der Waals surface area contributed by atoms with Gasteiger partial charge in [0, 0.05) is 41.4 Å². The zero-order valence-corrected chi connectivity index (χ0v) is 21.9. The third kappa shape index (κ3) is 5.75. The fraction of sp³-hybridized carbons (Fsp3) is 0.357. The van der Waals surface area contributed by atoms with Crippen LogP contribution in [0.4, 0.5) is 8.78 Å². The molecular formula is C28H30ClF2N3O4. The molecule has 1 fully saturated rings. The molecule has 1 atom stereocenters. The first-order valence-electron chi connectivity index (χ1n) is 12.4. The van der Waals surface area contributed by atoms with Gasteiger partial charge in [-0.05, 0) is 38.3 Å². The summed E-state index contributed by atoms with van der Waals surface area (Å²) in [6, 6.07) is 11.1. The molecule has 202 valence electrons. The minimum absolute atomic E-state index is 0.00657. The first-order chi connectivity index (χ1) is 18.2. The predicted molar refractivity (Wildman–Crippen MR) is 141 cm³/mol. The summed E-state index contributed by atoms with van der Waals surface area (Å²) < 4.78 is 40.6. The molecular weight excluding hydrogens is 516 g/mol. The van der Waals surface area contributed by atoms with E-state index < -0.39 is 23.6 Å². The van der Waals surface area contributed by atoms with Crippen molar-refractivity contribution in [1.29, 1.82) is 0 Å². The third-order valence-electron chi connectivity index (χ3n) is 6.92. The number of amides is 1. The number of aliphatic hydroxyl groups excluding tert-OH is 1. The average Bonchev–Trinajstić information content (AvgIpc) is 3.34. The van der Waals surface area contributed by atoms with Gasteiger partial charge in [-0.1, -0.05) is 41.9 Å². The van der Waals surface area contributed by atoms with Gasteiger partial charge in [0.25, 0.3) is 11.8 Å². The number of halogens is 3. The van der Waals surface area contributed by atoms with E-state index in [1.54, 1.807) is 0 Å². The smallest absolute Gasteiger partial charge is 0.251 e. The zero-order valence-electron chi connectivity index (χ0n) is 21.1. The summed E-state index contributed by atoms with van der Waals surface area (Å²) in [7, 11) is 3.22. The van der Waals surface area contributed by atoms with Crippen LogP contribution in [-0.2, 0) is 6.42 Å². The number of methoxy groups -OCH3 is 1. The molecule has 10 heteroatoms. The second-order valence-electron chi connectivity index (χ2n) is 9.27. The second-order valence-corrected chi connectivity index (χ2v) is 9.65. The van der Waals surface area contributed by atoms with Crippen molar-refractivity contribution in [3.8, 4) is 22.8 Å². The van der Waals surface area contributed by atoms with Crippen LogP contribution in [0.5, 0.6) is 11.6 Å². The highest BCUT2D eigenvalue weighted by molar-refractivity contribution is 6.34. The predicted octanol–water partition coefficient (Wildman–Crippen LogP) is 4.97. The number of pyridine rings is 1. The van der Waals surface area contributed by atoms with Crippen molar-refractivity contribution >= 4 is 17.5 Å². The summed E-state index contributed by atoms with van der Waals surface area (Å²) in [6.07, 6.45) is 5.18. The van der Waals surface area contributed by atoms with Gasteiger partial charge in [0.1, 0.15) is 17.7 Å². The van der Waals surface area contributed by atoms with Crippen molar-refractivity contribution in [2.45, 2.75) is 50.4 Å². The Labute approximate surface area is 224 Å². The zero-order chi connectivity index (χ0) is 27.4. The molecule has 1 aromatic heterocycles. The van der Waals surface area contributed by atoms with Crippen LogP contribution in [0.2, 0.25) is 5.02 Å². The molecule has 38 heavy (non-hydrogen) atoms. The maximum Gasteiger partial charge on any atom is 0.251 e. The molecule has 1 aliphatic carbocycles. The summed E-state index contributed by atoms with van der Waals surface area (Å²) in [5, 5.41) is 12.0. The number of hydrogen-bond acceptors (Lipinski definition) is 6. The minimum atomic E-state index is -0.957. The van der Waals surface area contributed by atoms with E-state index in [1.807, 2.05) is 37.4 Å². The topological polar surface area (TPSA) is 107 Å². The van der Waals surface area contributed by atoms with Crippen LogP contribution < -0.4 is 20.5 Å². The van der Waals surface area contributed by atoms with Crippen molar-refractivity contribution in [3.63, 3.8) is 0 Å². The summed E-state index contributed by atoms with van der Waals surface area (Å²) in [6.45, 7) is 0. The Morgan fingerprint density at radius 2 is 1.87 bits per heavy atom. The number of rotatable bonds is 5. The van der Waals surface area contributed by atoms with Gasteiger partial charge < -0.3 is 25.6 Å². The molecule has 2 heterocycles. The Hall–Kier alpha value is -3.27. The lowest BCUT2D eigenvalue weighted by atomic mass is 9.92. The van der Waals surface area contributed by atoms with Crippen LogP contribution >= 0.6 is 11.6 Å². The van der Waals surface area contributed by atoms with E-state index >= 15 is 4.39 Å². The Kier molecular flexibility index (Phi) is 8.81. The number of carbonyl (C=O) groups is 1. The highest BCUT2D eigenvalue weighted by atomic mass is 35.5. The Morgan fingerprint density at radius 1 is 1.18 bits per heavy atom. The Balaban J connectivity index is 0.000000317. The van der Waals surface area contributed by atoms with Gasteiger partial charge in [-0.3, -0.25) is 4.79 Å². The average molecular weight is 546 g/mol. The van der Waals surface area contributed by atoms with Gasteiger partial charge in [-0.15, -0.1) is 0 Å². The van der Waals surface area contributed by atoms with Gasteiger partial charge in [0.2, 0.25) is 0 Å². The summed E-state index contributed by atoms with van der Waals surface area (Å²) in [4.78, 5) is 15.7. The highest BCUT2D eigenvalue weighted by Crippen LogP contribution is 2.48. The second kappa shape index (κ2) is 12.1. The lowest BCUT2D eigenvalue weighted by Gasteiger charge is -2.24. The first-order valence-corrected chi connectivity index (χ1v) is 12.7. The van der Waals surface area contributed by atoms with E-state index in [4.69, 9.17) is 31.9 Å². The summed E-state index contributed by atoms with van der Waals surface area (Å²) in [5.74, 6) is -2.83. The van der Waals surface area contributed by atoms with Crippen molar-refractivity contribution < 1.29 is 28.2 Å². The maximum atomic E-state index is 15.2. The number of carbonyl (C=O) groups excluding carboxylic acids is 1. The van der Waals surface area contributed by atoms with Crippen molar-refractivity contribution in [2.24, 2.45) is 5.73 Å². The molecule has 2 aliphatic rings. The molecule has 0 saturated heterocycles. The number of benzene rings is 2. The van der Waals surface area contributed by atoms with Crippen molar-refractivity contribution in [2.75, 3.05) is 14.2 Å². The number of nitrogens with zero attached hydrogens (tertiary/aromatic N) is 1. The number of aliphatic hydroxyl groups is 1. The van der Waals surface area contributed by atoms with Crippen LogP contribution in [0, 0.1) is 11.6 Å². The van der Waals surface area contributed by atoms with Crippen LogP contribution in [0.1, 0.15) is 53.3 Å². The normalized spacial score (nSPS) is 20.1. The van der Waals surface area contributed by atoms with Crippen LogP contribution in [0.15, 0.2) is 42.6 Å². The molecule has 4 N–H and O–H groups in total. The van der Waals surface area contributed by atoms with Crippen LogP contribution in [-0.4, -0.2) is 42.3 Å². The number of primary amides is 1. The van der Waals surface area contributed by atoms with Gasteiger partial charge >= 0.3 is 0 Å². The molecule has 0 radical (unpaired) electrons. The number of fused-ring (bicyclic) bond motifs is 1. The van der Waals surface area contributed by atoms with Gasteiger partial charge in [0.15, 0.2) is 5.82 Å². The lowest BCUT2D eigenvalue weighted by Crippen LogP contribution is -2.31. The minimum Gasteiger partial charge on any atom is -0.485 e. The van der Waals surface area contributed by atoms with E-state index in [1.165, 1.54) is 7.11 Å². The van der Waals surface area contributed by atoms with Gasteiger partial charge in [0.05, 0.1) is 23.8 Å². The monoisotopic (exact) mass is 545 g/mol. The molecule has 0 spiro atoms. The largest absolute Gasteiger partial charge is 0.485 e. The Morgan fingerprint density at radius 3 is 2.47 bits per heavy atom. The molecule has 1 aliphatic heterocycles. The number of ether oxygens (including phenoxy) is 2. The molecule has 1 saturated carbocycles. The third-order valence-corrected chi connectivity index (χ3v) is 7.29. The number of nitrogens with two attached hydrogens (primary N) is 1. The maximum absolute atomic E-state index is 15.2. The molecule has 1 amide bonds. The molecule has 1 unspecified atom stereocenters. The van der Waals surface area contributed by atoms with Crippen molar-refractivity contribution in [1.82, 2.24) is 10.3 Å². The standard InChI is InChI=1S/C21H15ClF2N2O3.C7H15NO/c1-28-21-19(24)17(12(9-26-21)20(25)27)16-11-7-14(10-5-3-2-4-6-10)29-15(11)8-13(23)18(16)22;1-8-6-2-4-7(9)5-3-6/h2-6,8-9,14H,7H2,1H3,(H2,25,27);6-9H,2-5H2,1H3.